The van der Waals surface area contributed by atoms with E-state index < -0.39 is 11.0 Å². The molecular formula is C21H27ClN2O3. The van der Waals surface area contributed by atoms with E-state index in [0.29, 0.717) is 41.3 Å². The lowest BCUT2D eigenvalue weighted by Gasteiger charge is -2.36. The third-order valence-electron chi connectivity index (χ3n) is 4.50. The van der Waals surface area contributed by atoms with Crippen molar-refractivity contribution in [1.82, 2.24) is 0 Å². The molecule has 0 radical (unpaired) electrons. The van der Waals surface area contributed by atoms with Gasteiger partial charge in [0.05, 0.1) is 16.8 Å². The number of esters is 1. The van der Waals surface area contributed by atoms with Gasteiger partial charge < -0.3 is 10.5 Å². The van der Waals surface area contributed by atoms with Crippen LogP contribution >= 0.6 is 11.6 Å². The van der Waals surface area contributed by atoms with Gasteiger partial charge in [-0.05, 0) is 58.7 Å². The summed E-state index contributed by atoms with van der Waals surface area (Å²) in [7, 11) is 0. The number of carbonyl (C=O) groups is 2. The molecule has 1 atom stereocenters. The average Bonchev–Trinajstić information content (AvgIpc) is 2.53. The van der Waals surface area contributed by atoms with Crippen molar-refractivity contribution in [1.29, 1.82) is 0 Å². The number of ether oxygens (including phenoxy) is 1. The number of carbonyl (C=O) groups excluding carboxylic acids is 2. The van der Waals surface area contributed by atoms with Gasteiger partial charge in [0.15, 0.2) is 5.78 Å². The van der Waals surface area contributed by atoms with E-state index in [9.17, 15) is 9.59 Å². The van der Waals surface area contributed by atoms with Gasteiger partial charge in [0.25, 0.3) is 0 Å². The van der Waals surface area contributed by atoms with Crippen molar-refractivity contribution in [2.75, 3.05) is 0 Å². The van der Waals surface area contributed by atoms with E-state index in [1.54, 1.807) is 18.2 Å². The van der Waals surface area contributed by atoms with Crippen LogP contribution in [0, 0.1) is 5.41 Å². The number of ketones is 1. The van der Waals surface area contributed by atoms with Gasteiger partial charge in [-0.2, -0.15) is 0 Å². The first-order chi connectivity index (χ1) is 12.4. The standard InChI is InChI=1S/C21H27ClN2O3/c1-13(25)18(23)16-9-10-21(5,19(26)27-20(2,3)4)12-17(16)24-15-8-6-7-14(22)11-15/h6-8,11H,9-10,12,23H2,1-5H3/b18-16-,24-17?. The Morgan fingerprint density at radius 3 is 2.52 bits per heavy atom. The van der Waals surface area contributed by atoms with Crippen LogP contribution in [0.2, 0.25) is 5.02 Å². The monoisotopic (exact) mass is 390 g/mol. The smallest absolute Gasteiger partial charge is 0.312 e. The molecule has 0 aromatic heterocycles. The Hall–Kier alpha value is -2.14. The van der Waals surface area contributed by atoms with E-state index in [1.165, 1.54) is 6.92 Å². The van der Waals surface area contributed by atoms with E-state index in [1.807, 2.05) is 33.8 Å². The summed E-state index contributed by atoms with van der Waals surface area (Å²) < 4.78 is 5.61. The van der Waals surface area contributed by atoms with Crippen LogP contribution in [0.4, 0.5) is 5.69 Å². The summed E-state index contributed by atoms with van der Waals surface area (Å²) in [6, 6.07) is 7.11. The Bertz CT molecular complexity index is 821. The number of nitrogens with zero attached hydrogens (tertiary/aromatic N) is 1. The zero-order chi connectivity index (χ0) is 20.4. The van der Waals surface area contributed by atoms with E-state index in [-0.39, 0.29) is 17.4 Å². The number of rotatable bonds is 3. The molecule has 0 spiro atoms. The van der Waals surface area contributed by atoms with Crippen LogP contribution in [0.1, 0.15) is 53.9 Å². The number of nitrogens with two attached hydrogens (primary N) is 1. The number of benzene rings is 1. The fourth-order valence-electron chi connectivity index (χ4n) is 3.00. The van der Waals surface area contributed by atoms with Crippen molar-refractivity contribution in [3.05, 3.63) is 40.6 Å². The lowest BCUT2D eigenvalue weighted by Crippen LogP contribution is -2.40. The predicted molar refractivity (Wildman–Crippen MR) is 108 cm³/mol. The highest BCUT2D eigenvalue weighted by Crippen LogP contribution is 2.40. The number of hydrogen-bond acceptors (Lipinski definition) is 5. The number of aliphatic imine (C=N–C) groups is 1. The summed E-state index contributed by atoms with van der Waals surface area (Å²) in [5, 5.41) is 0.563. The third-order valence-corrected chi connectivity index (χ3v) is 4.74. The Kier molecular flexibility index (Phi) is 6.15. The molecule has 1 unspecified atom stereocenters. The molecule has 146 valence electrons. The highest BCUT2D eigenvalue weighted by Gasteiger charge is 2.42. The number of allylic oxidation sites excluding steroid dienone is 2. The molecule has 0 amide bonds. The molecule has 1 saturated carbocycles. The molecule has 5 nitrogen and oxygen atoms in total. The van der Waals surface area contributed by atoms with Crippen molar-refractivity contribution in [2.24, 2.45) is 16.1 Å². The molecule has 1 aromatic rings. The molecular weight excluding hydrogens is 364 g/mol. The highest BCUT2D eigenvalue weighted by atomic mass is 35.5. The molecule has 1 aliphatic carbocycles. The second kappa shape index (κ2) is 7.85. The quantitative estimate of drug-likeness (QED) is 0.596. The van der Waals surface area contributed by atoms with Crippen LogP contribution in [-0.2, 0) is 14.3 Å². The van der Waals surface area contributed by atoms with Gasteiger partial charge in [0.2, 0.25) is 0 Å². The maximum absolute atomic E-state index is 12.8. The van der Waals surface area contributed by atoms with Crippen LogP contribution in [0.15, 0.2) is 40.5 Å². The molecule has 2 rings (SSSR count). The zero-order valence-electron chi connectivity index (χ0n) is 16.6. The second-order valence-electron chi connectivity index (χ2n) is 8.23. The molecule has 2 N–H and O–H groups in total. The maximum Gasteiger partial charge on any atom is 0.312 e. The summed E-state index contributed by atoms with van der Waals surface area (Å²) in [5.74, 6) is -0.473. The fraction of sp³-hybridized carbons (Fsp3) is 0.476. The highest BCUT2D eigenvalue weighted by molar-refractivity contribution is 6.30. The Morgan fingerprint density at radius 2 is 1.96 bits per heavy atom. The van der Waals surface area contributed by atoms with Crippen LogP contribution in [0.25, 0.3) is 0 Å². The van der Waals surface area contributed by atoms with Crippen LogP contribution in [0.3, 0.4) is 0 Å². The SMILES string of the molecule is CC(=O)/C(N)=C1\CCC(C)(C(=O)OC(C)(C)C)CC1=Nc1cccc(Cl)c1. The molecule has 0 bridgehead atoms. The van der Waals surface area contributed by atoms with Crippen molar-refractivity contribution in [2.45, 2.75) is 59.5 Å². The number of halogens is 1. The van der Waals surface area contributed by atoms with Gasteiger partial charge >= 0.3 is 5.97 Å². The summed E-state index contributed by atoms with van der Waals surface area (Å²) in [6.45, 7) is 8.84. The number of Topliss-reactive ketones (excluding diaryl/α,β-unsaturated/α-hetero) is 1. The average molecular weight is 391 g/mol. The minimum atomic E-state index is -0.731. The summed E-state index contributed by atoms with van der Waals surface area (Å²) in [5.41, 5.74) is 6.91. The van der Waals surface area contributed by atoms with Gasteiger partial charge in [-0.3, -0.25) is 14.6 Å². The van der Waals surface area contributed by atoms with Crippen LogP contribution in [0.5, 0.6) is 0 Å². The predicted octanol–water partition coefficient (Wildman–Crippen LogP) is 4.75. The van der Waals surface area contributed by atoms with Crippen molar-refractivity contribution >= 4 is 34.8 Å². The molecule has 0 saturated heterocycles. The third kappa shape index (κ3) is 5.42. The molecule has 27 heavy (non-hydrogen) atoms. The van der Waals surface area contributed by atoms with Gasteiger partial charge in [-0.15, -0.1) is 0 Å². The van der Waals surface area contributed by atoms with Crippen LogP contribution in [-0.4, -0.2) is 23.1 Å². The minimum absolute atomic E-state index is 0.196. The molecule has 1 fully saturated rings. The number of hydrogen-bond donors (Lipinski definition) is 1. The van der Waals surface area contributed by atoms with Gasteiger partial charge in [0, 0.05) is 29.7 Å². The first kappa shape index (κ1) is 21.2. The zero-order valence-corrected chi connectivity index (χ0v) is 17.3. The van der Waals surface area contributed by atoms with Crippen molar-refractivity contribution in [3.8, 4) is 0 Å². The minimum Gasteiger partial charge on any atom is -0.460 e. The van der Waals surface area contributed by atoms with E-state index in [0.717, 1.165) is 0 Å². The summed E-state index contributed by atoms with van der Waals surface area (Å²) >= 11 is 6.06. The molecule has 1 aromatic carbocycles. The Morgan fingerprint density at radius 1 is 1.30 bits per heavy atom. The largest absolute Gasteiger partial charge is 0.460 e. The summed E-state index contributed by atoms with van der Waals surface area (Å²) in [4.78, 5) is 29.3. The van der Waals surface area contributed by atoms with Crippen LogP contribution < -0.4 is 5.73 Å². The van der Waals surface area contributed by atoms with Gasteiger partial charge in [-0.25, -0.2) is 0 Å². The van der Waals surface area contributed by atoms with E-state index in [2.05, 4.69) is 4.99 Å². The van der Waals surface area contributed by atoms with Crippen molar-refractivity contribution in [3.63, 3.8) is 0 Å². The molecule has 1 aliphatic rings. The first-order valence-electron chi connectivity index (χ1n) is 8.98. The van der Waals surface area contributed by atoms with E-state index in [4.69, 9.17) is 22.1 Å². The Labute approximate surface area is 165 Å². The second-order valence-corrected chi connectivity index (χ2v) is 8.66. The maximum atomic E-state index is 12.8. The first-order valence-corrected chi connectivity index (χ1v) is 9.35. The molecule has 0 heterocycles. The van der Waals surface area contributed by atoms with Gasteiger partial charge in [-0.1, -0.05) is 17.7 Å². The topological polar surface area (TPSA) is 81.8 Å². The normalized spacial score (nSPS) is 23.9. The fourth-order valence-corrected chi connectivity index (χ4v) is 3.18. The molecule has 6 heteroatoms. The molecule has 0 aliphatic heterocycles. The Balaban J connectivity index is 2.46. The van der Waals surface area contributed by atoms with Gasteiger partial charge in [0.1, 0.15) is 5.60 Å². The van der Waals surface area contributed by atoms with Crippen molar-refractivity contribution < 1.29 is 14.3 Å². The van der Waals surface area contributed by atoms with E-state index >= 15 is 0 Å². The lowest BCUT2D eigenvalue weighted by atomic mass is 9.72. The summed E-state index contributed by atoms with van der Waals surface area (Å²) in [6.07, 6.45) is 1.37. The lowest BCUT2D eigenvalue weighted by molar-refractivity contribution is -0.166.